The average Bonchev–Trinajstić information content (AvgIpc) is 3.31. The van der Waals surface area contributed by atoms with E-state index in [9.17, 15) is 4.79 Å². The number of carbonyl (C=O) groups excluding carboxylic acids is 1. The van der Waals surface area contributed by atoms with Crippen LogP contribution in [0, 0.1) is 0 Å². The van der Waals surface area contributed by atoms with Gasteiger partial charge in [-0.1, -0.05) is 43.3 Å². The Bertz CT molecular complexity index is 759. The summed E-state index contributed by atoms with van der Waals surface area (Å²) in [6.07, 6.45) is 1.57. The second-order valence-electron chi connectivity index (χ2n) is 6.95. The Morgan fingerprint density at radius 1 is 1.16 bits per heavy atom. The minimum atomic E-state index is 0.248. The number of carbonyl (C=O) groups is 1. The van der Waals surface area contributed by atoms with Crippen LogP contribution in [0.25, 0.3) is 0 Å². The van der Waals surface area contributed by atoms with Crippen molar-refractivity contribution in [2.24, 2.45) is 0 Å². The molecule has 0 N–H and O–H groups in total. The normalized spacial score (nSPS) is 19.9. The molecular weight excluding hydrogens is 314 g/mol. The van der Waals surface area contributed by atoms with Crippen LogP contribution in [-0.2, 0) is 4.79 Å². The van der Waals surface area contributed by atoms with Gasteiger partial charge in [-0.2, -0.15) is 0 Å². The molecule has 130 valence electrons. The van der Waals surface area contributed by atoms with Gasteiger partial charge in [0.05, 0.1) is 0 Å². The van der Waals surface area contributed by atoms with Crippen LogP contribution in [0.4, 0.5) is 0 Å². The molecular formula is C21H23NO3. The maximum absolute atomic E-state index is 12.7. The fourth-order valence-electron chi connectivity index (χ4n) is 3.72. The van der Waals surface area contributed by atoms with Crippen molar-refractivity contribution in [2.75, 3.05) is 19.9 Å². The fraction of sp³-hybridized carbons (Fsp3) is 0.381. The van der Waals surface area contributed by atoms with Crippen molar-refractivity contribution in [1.82, 2.24) is 4.90 Å². The lowest BCUT2D eigenvalue weighted by Crippen LogP contribution is -2.29. The van der Waals surface area contributed by atoms with Gasteiger partial charge in [0.25, 0.3) is 0 Å². The van der Waals surface area contributed by atoms with Crippen molar-refractivity contribution in [3.05, 3.63) is 59.7 Å². The maximum Gasteiger partial charge on any atom is 0.231 e. The first-order valence-electron chi connectivity index (χ1n) is 8.93. The average molecular weight is 337 g/mol. The molecule has 4 heteroatoms. The first-order valence-corrected chi connectivity index (χ1v) is 8.93. The van der Waals surface area contributed by atoms with E-state index in [1.165, 1.54) is 11.1 Å². The highest BCUT2D eigenvalue weighted by Gasteiger charge is 2.29. The molecule has 4 rings (SSSR count). The first kappa shape index (κ1) is 16.0. The molecule has 2 aliphatic rings. The predicted molar refractivity (Wildman–Crippen MR) is 96.0 cm³/mol. The molecule has 1 fully saturated rings. The second-order valence-corrected chi connectivity index (χ2v) is 6.95. The Morgan fingerprint density at radius 2 is 1.96 bits per heavy atom. The summed E-state index contributed by atoms with van der Waals surface area (Å²) >= 11 is 0. The largest absolute Gasteiger partial charge is 0.454 e. The number of ether oxygens (including phenoxy) is 2. The van der Waals surface area contributed by atoms with Crippen LogP contribution in [0.1, 0.15) is 42.7 Å². The van der Waals surface area contributed by atoms with Crippen molar-refractivity contribution < 1.29 is 14.3 Å². The third-order valence-corrected chi connectivity index (χ3v) is 5.26. The standard InChI is InChI=1S/C21H23NO3/c1-15(16-5-3-2-4-6-16)11-21(23)22-10-9-18(13-22)17-7-8-19-20(12-17)25-14-24-19/h2-8,12,15,18H,9-11,13-14H2,1H3. The van der Waals surface area contributed by atoms with E-state index in [0.29, 0.717) is 19.1 Å². The van der Waals surface area contributed by atoms with Crippen LogP contribution in [0.2, 0.25) is 0 Å². The van der Waals surface area contributed by atoms with Crippen LogP contribution in [0.15, 0.2) is 48.5 Å². The fourth-order valence-corrected chi connectivity index (χ4v) is 3.72. The van der Waals surface area contributed by atoms with Crippen LogP contribution in [0.3, 0.4) is 0 Å². The van der Waals surface area contributed by atoms with Crippen LogP contribution < -0.4 is 9.47 Å². The predicted octanol–water partition coefficient (Wildman–Crippen LogP) is 3.93. The van der Waals surface area contributed by atoms with Gasteiger partial charge in [0.1, 0.15) is 0 Å². The molecule has 0 bridgehead atoms. The molecule has 2 heterocycles. The lowest BCUT2D eigenvalue weighted by molar-refractivity contribution is -0.130. The lowest BCUT2D eigenvalue weighted by Gasteiger charge is -2.19. The number of nitrogens with zero attached hydrogens (tertiary/aromatic N) is 1. The second kappa shape index (κ2) is 6.79. The molecule has 1 saturated heterocycles. The Labute approximate surface area is 148 Å². The Balaban J connectivity index is 1.38. The summed E-state index contributed by atoms with van der Waals surface area (Å²) in [6, 6.07) is 16.4. The molecule has 25 heavy (non-hydrogen) atoms. The Kier molecular flexibility index (Phi) is 4.35. The summed E-state index contributed by atoms with van der Waals surface area (Å²) in [7, 11) is 0. The maximum atomic E-state index is 12.7. The van der Waals surface area contributed by atoms with Crippen molar-refractivity contribution in [3.8, 4) is 11.5 Å². The van der Waals surface area contributed by atoms with E-state index >= 15 is 0 Å². The van der Waals surface area contributed by atoms with Gasteiger partial charge in [-0.05, 0) is 35.6 Å². The molecule has 0 spiro atoms. The number of amides is 1. The van der Waals surface area contributed by atoms with E-state index in [4.69, 9.17) is 9.47 Å². The van der Waals surface area contributed by atoms with E-state index in [-0.39, 0.29) is 11.8 Å². The van der Waals surface area contributed by atoms with Gasteiger partial charge in [0, 0.05) is 25.4 Å². The van der Waals surface area contributed by atoms with Crippen molar-refractivity contribution >= 4 is 5.91 Å². The van der Waals surface area contributed by atoms with Crippen molar-refractivity contribution in [1.29, 1.82) is 0 Å². The van der Waals surface area contributed by atoms with E-state index in [1.54, 1.807) is 0 Å². The molecule has 2 atom stereocenters. The monoisotopic (exact) mass is 337 g/mol. The van der Waals surface area contributed by atoms with Gasteiger partial charge >= 0.3 is 0 Å². The van der Waals surface area contributed by atoms with Gasteiger partial charge in [-0.3, -0.25) is 4.79 Å². The summed E-state index contributed by atoms with van der Waals surface area (Å²) in [5, 5.41) is 0. The van der Waals surface area contributed by atoms with E-state index < -0.39 is 0 Å². The molecule has 2 aromatic carbocycles. The minimum absolute atomic E-state index is 0.248. The highest BCUT2D eigenvalue weighted by atomic mass is 16.7. The zero-order valence-corrected chi connectivity index (χ0v) is 14.5. The third kappa shape index (κ3) is 3.34. The van der Waals surface area contributed by atoms with E-state index in [2.05, 4.69) is 31.2 Å². The van der Waals surface area contributed by atoms with Crippen molar-refractivity contribution in [2.45, 2.75) is 31.6 Å². The van der Waals surface area contributed by atoms with Gasteiger partial charge in [-0.15, -0.1) is 0 Å². The van der Waals surface area contributed by atoms with Gasteiger partial charge in [0.15, 0.2) is 11.5 Å². The highest BCUT2D eigenvalue weighted by Crippen LogP contribution is 2.37. The first-order chi connectivity index (χ1) is 12.2. The number of hydrogen-bond donors (Lipinski definition) is 0. The number of likely N-dealkylation sites (tertiary alicyclic amines) is 1. The Morgan fingerprint density at radius 3 is 2.80 bits per heavy atom. The van der Waals surface area contributed by atoms with Crippen LogP contribution in [0.5, 0.6) is 11.5 Å². The van der Waals surface area contributed by atoms with Gasteiger partial charge in [0.2, 0.25) is 12.7 Å². The minimum Gasteiger partial charge on any atom is -0.454 e. The molecule has 2 aliphatic heterocycles. The summed E-state index contributed by atoms with van der Waals surface area (Å²) < 4.78 is 10.8. The number of benzene rings is 2. The summed E-state index contributed by atoms with van der Waals surface area (Å²) in [4.78, 5) is 14.7. The molecule has 0 saturated carbocycles. The molecule has 4 nitrogen and oxygen atoms in total. The zero-order chi connectivity index (χ0) is 17.2. The van der Waals surface area contributed by atoms with E-state index in [1.807, 2.05) is 29.2 Å². The Hall–Kier alpha value is -2.49. The molecule has 2 unspecified atom stereocenters. The quantitative estimate of drug-likeness (QED) is 0.849. The molecule has 2 aromatic rings. The number of rotatable bonds is 4. The molecule has 0 radical (unpaired) electrons. The van der Waals surface area contributed by atoms with Gasteiger partial charge in [-0.25, -0.2) is 0 Å². The SMILES string of the molecule is CC(CC(=O)N1CCC(c2ccc3c(c2)OCO3)C1)c1ccccc1. The lowest BCUT2D eigenvalue weighted by atomic mass is 9.97. The zero-order valence-electron chi connectivity index (χ0n) is 14.5. The molecule has 1 amide bonds. The molecule has 0 aromatic heterocycles. The smallest absolute Gasteiger partial charge is 0.231 e. The molecule has 0 aliphatic carbocycles. The highest BCUT2D eigenvalue weighted by molar-refractivity contribution is 5.77. The van der Waals surface area contributed by atoms with Crippen molar-refractivity contribution in [3.63, 3.8) is 0 Å². The number of fused-ring (bicyclic) bond motifs is 1. The van der Waals surface area contributed by atoms with Gasteiger partial charge < -0.3 is 14.4 Å². The van der Waals surface area contributed by atoms with Crippen LogP contribution >= 0.6 is 0 Å². The summed E-state index contributed by atoms with van der Waals surface area (Å²) in [5.74, 6) is 2.51. The van der Waals surface area contributed by atoms with E-state index in [0.717, 1.165) is 31.0 Å². The third-order valence-electron chi connectivity index (χ3n) is 5.26. The topological polar surface area (TPSA) is 38.8 Å². The van der Waals surface area contributed by atoms with Crippen LogP contribution in [-0.4, -0.2) is 30.7 Å². The number of hydrogen-bond acceptors (Lipinski definition) is 3. The summed E-state index contributed by atoms with van der Waals surface area (Å²) in [5.41, 5.74) is 2.46. The summed E-state index contributed by atoms with van der Waals surface area (Å²) in [6.45, 7) is 4.05.